The number of nitrogens with zero attached hydrogens (tertiary/aromatic N) is 3. The molecule has 3 nitrogen and oxygen atoms in total. The Bertz CT molecular complexity index is 532. The molecule has 4 heteroatoms. The van der Waals surface area contributed by atoms with Gasteiger partial charge in [0, 0.05) is 24.2 Å². The Kier molecular flexibility index (Phi) is 3.13. The zero-order valence-corrected chi connectivity index (χ0v) is 9.15. The molecule has 2 heterocycles. The Hall–Kier alpha value is -1.92. The normalized spacial score (nSPS) is 9.75. The van der Waals surface area contributed by atoms with Gasteiger partial charge in [-0.15, -0.1) is 0 Å². The molecule has 0 saturated heterocycles. The Morgan fingerprint density at radius 2 is 2.06 bits per heavy atom. The summed E-state index contributed by atoms with van der Waals surface area (Å²) in [7, 11) is 0. The van der Waals surface area contributed by atoms with Crippen LogP contribution in [0, 0.1) is 11.3 Å². The molecule has 0 aliphatic heterocycles. The Balaban J connectivity index is 2.53. The molecule has 0 aliphatic carbocycles. The molecule has 0 atom stereocenters. The number of aromatic nitrogens is 2. The highest BCUT2D eigenvalue weighted by atomic mass is 35.5. The summed E-state index contributed by atoms with van der Waals surface area (Å²) in [6, 6.07) is 7.60. The Morgan fingerprint density at radius 1 is 1.31 bits per heavy atom. The van der Waals surface area contributed by atoms with Crippen molar-refractivity contribution in [3.8, 4) is 17.2 Å². The second-order valence-corrected chi connectivity index (χ2v) is 3.62. The maximum atomic E-state index is 8.76. The maximum Gasteiger partial charge on any atom is 0.129 e. The van der Waals surface area contributed by atoms with E-state index < -0.39 is 0 Å². The van der Waals surface area contributed by atoms with E-state index >= 15 is 0 Å². The van der Waals surface area contributed by atoms with E-state index in [9.17, 15) is 0 Å². The molecule has 0 unspecified atom stereocenters. The van der Waals surface area contributed by atoms with Gasteiger partial charge in [-0.25, -0.2) is 4.98 Å². The highest BCUT2D eigenvalue weighted by Gasteiger charge is 2.06. The van der Waals surface area contributed by atoms with Crippen LogP contribution in [0.25, 0.3) is 11.1 Å². The molecular weight excluding hydrogens is 222 g/mol. The molecule has 0 fully saturated rings. The van der Waals surface area contributed by atoms with Gasteiger partial charge in [-0.05, 0) is 29.3 Å². The predicted molar refractivity (Wildman–Crippen MR) is 61.8 cm³/mol. The minimum atomic E-state index is 0.319. The van der Waals surface area contributed by atoms with Gasteiger partial charge in [-0.3, -0.25) is 4.98 Å². The quantitative estimate of drug-likeness (QED) is 0.744. The molecule has 2 aromatic heterocycles. The van der Waals surface area contributed by atoms with Crippen molar-refractivity contribution in [3.05, 3.63) is 47.5 Å². The minimum Gasteiger partial charge on any atom is -0.265 e. The highest BCUT2D eigenvalue weighted by Crippen LogP contribution is 2.24. The number of rotatable bonds is 2. The first-order valence-electron chi connectivity index (χ1n) is 4.73. The molecule has 0 N–H and O–H groups in total. The average molecular weight is 230 g/mol. The summed E-state index contributed by atoms with van der Waals surface area (Å²) in [5.74, 6) is 0. The fourth-order valence-corrected chi connectivity index (χ4v) is 1.67. The van der Waals surface area contributed by atoms with E-state index in [1.54, 1.807) is 24.7 Å². The van der Waals surface area contributed by atoms with Crippen LogP contribution in [-0.4, -0.2) is 9.97 Å². The van der Waals surface area contributed by atoms with Crippen LogP contribution < -0.4 is 0 Å². The lowest BCUT2D eigenvalue weighted by molar-refractivity contribution is 1.21. The molecule has 0 aliphatic rings. The third-order valence-electron chi connectivity index (χ3n) is 2.22. The molecule has 0 spiro atoms. The zero-order chi connectivity index (χ0) is 11.4. The second-order valence-electron chi connectivity index (χ2n) is 3.23. The van der Waals surface area contributed by atoms with Gasteiger partial charge in [-0.2, -0.15) is 5.26 Å². The number of halogens is 1. The topological polar surface area (TPSA) is 49.6 Å². The summed E-state index contributed by atoms with van der Waals surface area (Å²) in [6.45, 7) is 0. The van der Waals surface area contributed by atoms with Crippen LogP contribution in [0.2, 0.25) is 5.15 Å². The Morgan fingerprint density at radius 3 is 2.75 bits per heavy atom. The van der Waals surface area contributed by atoms with Crippen molar-refractivity contribution in [1.82, 2.24) is 9.97 Å². The van der Waals surface area contributed by atoms with E-state index in [-0.39, 0.29) is 0 Å². The van der Waals surface area contributed by atoms with Crippen molar-refractivity contribution in [3.63, 3.8) is 0 Å². The summed E-state index contributed by atoms with van der Waals surface area (Å²) in [4.78, 5) is 7.99. The molecule has 16 heavy (non-hydrogen) atoms. The van der Waals surface area contributed by atoms with E-state index in [1.165, 1.54) is 0 Å². The lowest BCUT2D eigenvalue weighted by Crippen LogP contribution is -1.91. The van der Waals surface area contributed by atoms with Gasteiger partial charge in [0.25, 0.3) is 0 Å². The third kappa shape index (κ3) is 2.18. The van der Waals surface area contributed by atoms with Crippen LogP contribution in [0.15, 0.2) is 36.8 Å². The molecular formula is C12H8ClN3. The summed E-state index contributed by atoms with van der Waals surface area (Å²) in [5.41, 5.74) is 2.80. The van der Waals surface area contributed by atoms with Crippen LogP contribution in [0.4, 0.5) is 0 Å². The van der Waals surface area contributed by atoms with E-state index in [1.807, 2.05) is 12.1 Å². The van der Waals surface area contributed by atoms with Crippen molar-refractivity contribution in [2.75, 3.05) is 0 Å². The maximum absolute atomic E-state index is 8.76. The first-order chi connectivity index (χ1) is 7.81. The van der Waals surface area contributed by atoms with Crippen molar-refractivity contribution in [1.29, 1.82) is 5.26 Å². The predicted octanol–water partition coefficient (Wildman–Crippen LogP) is 2.86. The van der Waals surface area contributed by atoms with Crippen LogP contribution in [0.5, 0.6) is 0 Å². The van der Waals surface area contributed by atoms with Gasteiger partial charge >= 0.3 is 0 Å². The number of hydrogen-bond donors (Lipinski definition) is 0. The highest BCUT2D eigenvalue weighted by molar-refractivity contribution is 6.29. The van der Waals surface area contributed by atoms with E-state index in [0.717, 1.165) is 16.7 Å². The van der Waals surface area contributed by atoms with Gasteiger partial charge < -0.3 is 0 Å². The number of nitriles is 1. The molecule has 78 valence electrons. The van der Waals surface area contributed by atoms with Crippen LogP contribution in [0.3, 0.4) is 0 Å². The molecule has 0 aromatic carbocycles. The summed E-state index contributed by atoms with van der Waals surface area (Å²) < 4.78 is 0. The van der Waals surface area contributed by atoms with Crippen molar-refractivity contribution in [2.24, 2.45) is 0 Å². The fraction of sp³-hybridized carbons (Fsp3) is 0.0833. The van der Waals surface area contributed by atoms with Crippen molar-refractivity contribution < 1.29 is 0 Å². The van der Waals surface area contributed by atoms with Gasteiger partial charge in [0.1, 0.15) is 5.15 Å². The SMILES string of the molecule is N#CCc1cc(Cl)ncc1-c1ccncc1. The van der Waals surface area contributed by atoms with Crippen LogP contribution in [0.1, 0.15) is 5.56 Å². The molecule has 0 saturated carbocycles. The van der Waals surface area contributed by atoms with Gasteiger partial charge in [0.15, 0.2) is 0 Å². The first-order valence-corrected chi connectivity index (χ1v) is 5.11. The molecule has 2 rings (SSSR count). The van der Waals surface area contributed by atoms with Crippen molar-refractivity contribution in [2.45, 2.75) is 6.42 Å². The number of pyridine rings is 2. The monoisotopic (exact) mass is 229 g/mol. The van der Waals surface area contributed by atoms with Crippen LogP contribution >= 0.6 is 11.6 Å². The molecule has 0 radical (unpaired) electrons. The third-order valence-corrected chi connectivity index (χ3v) is 2.42. The molecule has 2 aromatic rings. The molecule has 0 amide bonds. The average Bonchev–Trinajstić information content (AvgIpc) is 2.31. The zero-order valence-electron chi connectivity index (χ0n) is 8.39. The van der Waals surface area contributed by atoms with E-state index in [0.29, 0.717) is 11.6 Å². The second kappa shape index (κ2) is 4.73. The summed E-state index contributed by atoms with van der Waals surface area (Å²) in [6.07, 6.45) is 5.42. The van der Waals surface area contributed by atoms with Crippen molar-refractivity contribution >= 4 is 11.6 Å². The smallest absolute Gasteiger partial charge is 0.129 e. The fourth-order valence-electron chi connectivity index (χ4n) is 1.49. The standard InChI is InChI=1S/C12H8ClN3/c13-12-7-10(1-4-14)11(8-16-12)9-2-5-15-6-3-9/h2-3,5-8H,1H2. The summed E-state index contributed by atoms with van der Waals surface area (Å²) >= 11 is 5.81. The number of hydrogen-bond acceptors (Lipinski definition) is 3. The summed E-state index contributed by atoms with van der Waals surface area (Å²) in [5, 5.41) is 9.16. The first kappa shape index (κ1) is 10.6. The van der Waals surface area contributed by atoms with Gasteiger partial charge in [-0.1, -0.05) is 11.6 Å². The van der Waals surface area contributed by atoms with E-state index in [2.05, 4.69) is 16.0 Å². The lowest BCUT2D eigenvalue weighted by Gasteiger charge is -2.06. The van der Waals surface area contributed by atoms with Gasteiger partial charge in [0.05, 0.1) is 12.5 Å². The van der Waals surface area contributed by atoms with Gasteiger partial charge in [0.2, 0.25) is 0 Å². The molecule has 0 bridgehead atoms. The lowest BCUT2D eigenvalue weighted by atomic mass is 10.0. The van der Waals surface area contributed by atoms with Crippen LogP contribution in [-0.2, 0) is 6.42 Å². The Labute approximate surface area is 98.4 Å². The largest absolute Gasteiger partial charge is 0.265 e. The van der Waals surface area contributed by atoms with E-state index in [4.69, 9.17) is 16.9 Å². The minimum absolute atomic E-state index is 0.319.